The normalized spacial score (nSPS) is 11.9. The Labute approximate surface area is 361 Å². The van der Waals surface area contributed by atoms with Crippen molar-refractivity contribution in [1.29, 1.82) is 0 Å². The number of rotatable bonds is 47. The van der Waals surface area contributed by atoms with Gasteiger partial charge in [0.2, 0.25) is 0 Å². The summed E-state index contributed by atoms with van der Waals surface area (Å²) in [6.45, 7) is 8.98. The fourth-order valence-electron chi connectivity index (χ4n) is 7.86. The van der Waals surface area contributed by atoms with Crippen molar-refractivity contribution in [1.82, 2.24) is 0 Å². The lowest BCUT2D eigenvalue weighted by atomic mass is 10.0. The molecule has 0 N–H and O–H groups in total. The summed E-state index contributed by atoms with van der Waals surface area (Å²) in [7, 11) is 0. The van der Waals surface area contributed by atoms with Crippen LogP contribution in [0.1, 0.15) is 291 Å². The van der Waals surface area contributed by atoms with Crippen LogP contribution < -0.4 is 0 Å². The summed E-state index contributed by atoms with van der Waals surface area (Å²) in [6, 6.07) is 0. The molecular formula is C52H100O6. The molecule has 0 aromatic carbocycles. The zero-order valence-electron chi connectivity index (χ0n) is 39.5. The van der Waals surface area contributed by atoms with E-state index in [4.69, 9.17) is 14.2 Å². The van der Waals surface area contributed by atoms with Crippen LogP contribution in [-0.4, -0.2) is 37.2 Å². The van der Waals surface area contributed by atoms with Crippen molar-refractivity contribution < 1.29 is 28.6 Å². The minimum absolute atomic E-state index is 0.0635. The van der Waals surface area contributed by atoms with Crippen molar-refractivity contribution in [3.05, 3.63) is 0 Å². The van der Waals surface area contributed by atoms with E-state index in [1.54, 1.807) is 0 Å². The lowest BCUT2D eigenvalue weighted by Gasteiger charge is -2.18. The van der Waals surface area contributed by atoms with Crippen LogP contribution in [0.2, 0.25) is 0 Å². The highest BCUT2D eigenvalue weighted by atomic mass is 16.6. The van der Waals surface area contributed by atoms with Gasteiger partial charge in [0, 0.05) is 19.3 Å². The van der Waals surface area contributed by atoms with E-state index in [-0.39, 0.29) is 31.1 Å². The van der Waals surface area contributed by atoms with Gasteiger partial charge in [0.15, 0.2) is 6.10 Å². The molecule has 0 aromatic heterocycles. The van der Waals surface area contributed by atoms with Crippen LogP contribution in [0.25, 0.3) is 0 Å². The Hall–Kier alpha value is -1.59. The van der Waals surface area contributed by atoms with Gasteiger partial charge >= 0.3 is 17.9 Å². The topological polar surface area (TPSA) is 78.9 Å². The Morgan fingerprint density at radius 3 is 0.845 bits per heavy atom. The van der Waals surface area contributed by atoms with Crippen LogP contribution >= 0.6 is 0 Å². The fourth-order valence-corrected chi connectivity index (χ4v) is 7.86. The van der Waals surface area contributed by atoms with Crippen LogP contribution in [0.5, 0.6) is 0 Å². The monoisotopic (exact) mass is 821 g/mol. The molecule has 344 valence electrons. The molecule has 0 saturated carbocycles. The van der Waals surface area contributed by atoms with E-state index in [0.717, 1.165) is 63.7 Å². The Bertz CT molecular complexity index is 872. The summed E-state index contributed by atoms with van der Waals surface area (Å²) < 4.78 is 16.7. The molecule has 0 radical (unpaired) electrons. The number of ether oxygens (including phenoxy) is 3. The number of hydrogen-bond donors (Lipinski definition) is 0. The van der Waals surface area contributed by atoms with Gasteiger partial charge < -0.3 is 14.2 Å². The first-order valence-electron chi connectivity index (χ1n) is 25.9. The zero-order valence-corrected chi connectivity index (χ0v) is 39.5. The van der Waals surface area contributed by atoms with Gasteiger partial charge in [-0.15, -0.1) is 0 Å². The summed E-state index contributed by atoms with van der Waals surface area (Å²) >= 11 is 0. The van der Waals surface area contributed by atoms with Crippen molar-refractivity contribution in [3.8, 4) is 0 Å². The Kier molecular flexibility index (Phi) is 45.2. The van der Waals surface area contributed by atoms with Gasteiger partial charge in [-0.2, -0.15) is 0 Å². The van der Waals surface area contributed by atoms with Crippen LogP contribution in [-0.2, 0) is 28.6 Å². The van der Waals surface area contributed by atoms with Gasteiger partial charge in [-0.1, -0.05) is 252 Å². The molecule has 0 amide bonds. The van der Waals surface area contributed by atoms with Gasteiger partial charge in [-0.3, -0.25) is 14.4 Å². The first-order valence-corrected chi connectivity index (χ1v) is 25.9. The molecule has 0 bridgehead atoms. The van der Waals surface area contributed by atoms with Crippen molar-refractivity contribution >= 4 is 17.9 Å². The molecule has 0 aromatic rings. The third-order valence-corrected chi connectivity index (χ3v) is 11.8. The summed E-state index contributed by atoms with van der Waals surface area (Å²) in [6.07, 6.45) is 48.2. The van der Waals surface area contributed by atoms with Gasteiger partial charge in [0.1, 0.15) is 13.2 Å². The van der Waals surface area contributed by atoms with Crippen LogP contribution in [0.3, 0.4) is 0 Å². The van der Waals surface area contributed by atoms with E-state index in [1.165, 1.54) is 186 Å². The average molecular weight is 821 g/mol. The minimum atomic E-state index is -0.759. The molecule has 1 atom stereocenters. The first kappa shape index (κ1) is 56.4. The molecule has 0 aliphatic carbocycles. The minimum Gasteiger partial charge on any atom is -0.462 e. The molecule has 0 aliphatic heterocycles. The third kappa shape index (κ3) is 45.5. The number of carbonyl (C=O) groups excluding carboxylic acids is 3. The van der Waals surface area contributed by atoms with E-state index in [9.17, 15) is 14.4 Å². The maximum absolute atomic E-state index is 12.8. The maximum Gasteiger partial charge on any atom is 0.306 e. The van der Waals surface area contributed by atoms with Gasteiger partial charge in [0.25, 0.3) is 0 Å². The number of esters is 3. The molecule has 0 rings (SSSR count). The summed E-state index contributed by atoms with van der Waals surface area (Å²) in [5.74, 6) is -0.0254. The summed E-state index contributed by atoms with van der Waals surface area (Å²) in [4.78, 5) is 37.8. The predicted molar refractivity (Wildman–Crippen MR) is 247 cm³/mol. The van der Waals surface area contributed by atoms with Crippen molar-refractivity contribution in [2.24, 2.45) is 5.92 Å². The van der Waals surface area contributed by atoms with Gasteiger partial charge in [-0.05, 0) is 25.2 Å². The number of carbonyl (C=O) groups is 3. The SMILES string of the molecule is CCCCCCCCCCCCCCCCCCCCCC(=O)O[C@@H](COC(=O)CCCCCCCCC)COC(=O)CCCCCCCCCCCCCC(C)C. The zero-order chi connectivity index (χ0) is 42.4. The summed E-state index contributed by atoms with van der Waals surface area (Å²) in [5.41, 5.74) is 0. The van der Waals surface area contributed by atoms with E-state index in [2.05, 4.69) is 27.7 Å². The third-order valence-electron chi connectivity index (χ3n) is 11.8. The average Bonchev–Trinajstić information content (AvgIpc) is 3.21. The molecule has 0 saturated heterocycles. The number of hydrogen-bond acceptors (Lipinski definition) is 6. The molecule has 0 spiro atoms. The molecule has 0 fully saturated rings. The molecular weight excluding hydrogens is 721 g/mol. The highest BCUT2D eigenvalue weighted by molar-refractivity contribution is 5.71. The van der Waals surface area contributed by atoms with E-state index in [1.807, 2.05) is 0 Å². The predicted octanol–water partition coefficient (Wildman–Crippen LogP) is 16.7. The van der Waals surface area contributed by atoms with E-state index < -0.39 is 6.10 Å². The van der Waals surface area contributed by atoms with Crippen molar-refractivity contribution in [2.45, 2.75) is 297 Å². The van der Waals surface area contributed by atoms with Crippen molar-refractivity contribution in [3.63, 3.8) is 0 Å². The maximum atomic E-state index is 12.8. The Morgan fingerprint density at radius 2 is 0.569 bits per heavy atom. The molecule has 6 heteroatoms. The second kappa shape index (κ2) is 46.5. The van der Waals surface area contributed by atoms with E-state index in [0.29, 0.717) is 19.3 Å². The molecule has 0 heterocycles. The smallest absolute Gasteiger partial charge is 0.306 e. The van der Waals surface area contributed by atoms with E-state index >= 15 is 0 Å². The molecule has 6 nitrogen and oxygen atoms in total. The molecule has 0 unspecified atom stereocenters. The van der Waals surface area contributed by atoms with Crippen LogP contribution in [0, 0.1) is 5.92 Å². The highest BCUT2D eigenvalue weighted by Crippen LogP contribution is 2.17. The standard InChI is InChI=1S/C52H100O6/c1-5-7-9-11-13-14-15-16-17-18-19-20-21-22-25-29-33-37-41-45-52(55)58-49(46-56-50(53)43-39-35-30-12-10-8-6-2)47-57-51(54)44-40-36-32-28-26-23-24-27-31-34-38-42-48(3)4/h48-49H,5-47H2,1-4H3/t49-/m0/s1. The van der Waals surface area contributed by atoms with Gasteiger partial charge in [0.05, 0.1) is 0 Å². The summed E-state index contributed by atoms with van der Waals surface area (Å²) in [5, 5.41) is 0. The second-order valence-electron chi connectivity index (χ2n) is 18.3. The second-order valence-corrected chi connectivity index (χ2v) is 18.3. The van der Waals surface area contributed by atoms with Crippen LogP contribution in [0.15, 0.2) is 0 Å². The Balaban J connectivity index is 4.18. The first-order chi connectivity index (χ1) is 28.4. The number of unbranched alkanes of at least 4 members (excludes halogenated alkanes) is 34. The van der Waals surface area contributed by atoms with Gasteiger partial charge in [-0.25, -0.2) is 0 Å². The molecule has 0 aliphatic rings. The van der Waals surface area contributed by atoms with Crippen LogP contribution in [0.4, 0.5) is 0 Å². The lowest BCUT2D eigenvalue weighted by molar-refractivity contribution is -0.167. The Morgan fingerprint density at radius 1 is 0.328 bits per heavy atom. The lowest BCUT2D eigenvalue weighted by Crippen LogP contribution is -2.30. The molecule has 58 heavy (non-hydrogen) atoms. The largest absolute Gasteiger partial charge is 0.462 e. The van der Waals surface area contributed by atoms with Crippen molar-refractivity contribution in [2.75, 3.05) is 13.2 Å². The fraction of sp³-hybridized carbons (Fsp3) is 0.942. The quantitative estimate of drug-likeness (QED) is 0.0346. The highest BCUT2D eigenvalue weighted by Gasteiger charge is 2.19.